The highest BCUT2D eigenvalue weighted by Crippen LogP contribution is 2.37. The van der Waals surface area contributed by atoms with Crippen LogP contribution < -0.4 is 15.1 Å². The normalized spacial score (nSPS) is 14.6. The number of hydrogen-bond acceptors (Lipinski definition) is 5. The zero-order valence-corrected chi connectivity index (χ0v) is 17.8. The molecule has 0 spiro atoms. The van der Waals surface area contributed by atoms with E-state index in [0.717, 1.165) is 0 Å². The fourth-order valence-corrected chi connectivity index (χ4v) is 4.30. The topological polar surface area (TPSA) is 107 Å². The third-order valence-electron chi connectivity index (χ3n) is 5.07. The van der Waals surface area contributed by atoms with E-state index in [0.29, 0.717) is 33.4 Å². The standard InChI is InChI=1S/C22H20N4O4S/c1-3-17(27)25-16-8-6-5-7-15(16)18-19(28)23-22(31-4-2)24-26(18)20(25)13-9-11-14(12-10-13)21(29)30/h5-12,20H,3-4H2,1-2H3,(H-,23,24,28,29,30)/p+1/t20-/m0/s1. The van der Waals surface area contributed by atoms with Gasteiger partial charge in [0.15, 0.2) is 0 Å². The molecule has 8 nitrogen and oxygen atoms in total. The number of carboxylic acid groups (broad SMARTS) is 1. The van der Waals surface area contributed by atoms with Crippen molar-refractivity contribution >= 4 is 29.3 Å². The number of nitrogens with zero attached hydrogens (tertiary/aromatic N) is 3. The maximum Gasteiger partial charge on any atom is 0.335 e. The molecule has 1 aliphatic rings. The molecule has 2 aromatic carbocycles. The number of carbonyl (C=O) groups excluding carboxylic acids is 1. The molecule has 3 aromatic rings. The average Bonchev–Trinajstić information content (AvgIpc) is 2.77. The first-order chi connectivity index (χ1) is 15.0. The molecule has 0 radical (unpaired) electrons. The van der Waals surface area contributed by atoms with Crippen LogP contribution in [0.15, 0.2) is 58.5 Å². The van der Waals surface area contributed by atoms with Crippen molar-refractivity contribution in [3.8, 4) is 11.3 Å². The van der Waals surface area contributed by atoms with Crippen LogP contribution in [0.2, 0.25) is 0 Å². The summed E-state index contributed by atoms with van der Waals surface area (Å²) >= 11 is 1.39. The number of carbonyl (C=O) groups is 2. The van der Waals surface area contributed by atoms with E-state index in [2.05, 4.69) is 10.1 Å². The van der Waals surface area contributed by atoms with Gasteiger partial charge in [-0.05, 0) is 46.8 Å². The van der Waals surface area contributed by atoms with Gasteiger partial charge in [-0.1, -0.05) is 37.7 Å². The highest BCUT2D eigenvalue weighted by molar-refractivity contribution is 7.99. The number of H-pyrrole nitrogens is 1. The number of aromatic amines is 1. The number of aromatic carboxylic acids is 1. The molecule has 0 saturated heterocycles. The summed E-state index contributed by atoms with van der Waals surface area (Å²) in [4.78, 5) is 41.9. The number of nitrogens with one attached hydrogen (secondary N) is 1. The molecular weight excluding hydrogens is 416 g/mol. The number of fused-ring (bicyclic) bond motifs is 3. The molecule has 4 rings (SSSR count). The van der Waals surface area contributed by atoms with Crippen LogP contribution in [-0.2, 0) is 4.79 Å². The van der Waals surface area contributed by atoms with Crippen LogP contribution in [0.5, 0.6) is 0 Å². The van der Waals surface area contributed by atoms with Crippen molar-refractivity contribution in [1.29, 1.82) is 0 Å². The minimum absolute atomic E-state index is 0.135. The molecule has 158 valence electrons. The van der Waals surface area contributed by atoms with Gasteiger partial charge >= 0.3 is 17.2 Å². The van der Waals surface area contributed by atoms with E-state index in [1.54, 1.807) is 40.8 Å². The van der Waals surface area contributed by atoms with Crippen LogP contribution in [0.1, 0.15) is 42.4 Å². The van der Waals surface area contributed by atoms with Crippen LogP contribution in [0.25, 0.3) is 11.3 Å². The quantitative estimate of drug-likeness (QED) is 0.470. The van der Waals surface area contributed by atoms with Crippen molar-refractivity contribution in [3.63, 3.8) is 0 Å². The van der Waals surface area contributed by atoms with E-state index in [1.165, 1.54) is 23.9 Å². The fourth-order valence-electron chi connectivity index (χ4n) is 3.71. The smallest absolute Gasteiger partial charge is 0.335 e. The van der Waals surface area contributed by atoms with Gasteiger partial charge < -0.3 is 5.11 Å². The van der Waals surface area contributed by atoms with E-state index in [-0.39, 0.29) is 23.5 Å². The maximum atomic E-state index is 13.1. The van der Waals surface area contributed by atoms with E-state index >= 15 is 0 Å². The minimum Gasteiger partial charge on any atom is -0.478 e. The summed E-state index contributed by atoms with van der Waals surface area (Å²) in [6.07, 6.45) is -0.466. The Morgan fingerprint density at radius 2 is 1.87 bits per heavy atom. The van der Waals surface area contributed by atoms with Crippen molar-refractivity contribution in [1.82, 2.24) is 10.1 Å². The number of thioether (sulfide) groups is 1. The molecule has 2 N–H and O–H groups in total. The van der Waals surface area contributed by atoms with Crippen LogP contribution >= 0.6 is 11.8 Å². The van der Waals surface area contributed by atoms with Crippen molar-refractivity contribution < 1.29 is 19.4 Å². The van der Waals surface area contributed by atoms with Crippen LogP contribution in [0.3, 0.4) is 0 Å². The maximum absolute atomic E-state index is 13.1. The molecule has 1 amide bonds. The monoisotopic (exact) mass is 437 g/mol. The van der Waals surface area contributed by atoms with Gasteiger partial charge in [0.1, 0.15) is 0 Å². The number of benzene rings is 2. The minimum atomic E-state index is -1.04. The summed E-state index contributed by atoms with van der Waals surface area (Å²) < 4.78 is 1.57. The summed E-state index contributed by atoms with van der Waals surface area (Å²) in [5.74, 6) is -0.454. The first-order valence-corrected chi connectivity index (χ1v) is 10.9. The largest absolute Gasteiger partial charge is 0.478 e. The lowest BCUT2D eigenvalue weighted by molar-refractivity contribution is -0.763. The zero-order valence-electron chi connectivity index (χ0n) is 17.0. The first kappa shape index (κ1) is 20.8. The molecule has 31 heavy (non-hydrogen) atoms. The van der Waals surface area contributed by atoms with Crippen molar-refractivity contribution in [2.75, 3.05) is 10.7 Å². The van der Waals surface area contributed by atoms with E-state index in [4.69, 9.17) is 0 Å². The summed E-state index contributed by atoms with van der Waals surface area (Å²) in [5, 5.41) is 14.4. The molecule has 1 atom stereocenters. The molecule has 0 fully saturated rings. The Hall–Kier alpha value is -3.46. The second-order valence-electron chi connectivity index (χ2n) is 6.92. The van der Waals surface area contributed by atoms with Gasteiger partial charge in [-0.2, -0.15) is 0 Å². The lowest BCUT2D eigenvalue weighted by Crippen LogP contribution is -2.60. The lowest BCUT2D eigenvalue weighted by Gasteiger charge is -2.32. The second-order valence-corrected chi connectivity index (χ2v) is 8.17. The molecule has 0 saturated carbocycles. The Bertz CT molecular complexity index is 1220. The summed E-state index contributed by atoms with van der Waals surface area (Å²) in [6.45, 7) is 3.73. The van der Waals surface area contributed by atoms with Crippen molar-refractivity contribution in [2.45, 2.75) is 31.6 Å². The van der Waals surface area contributed by atoms with Crippen molar-refractivity contribution in [2.24, 2.45) is 0 Å². The first-order valence-electron chi connectivity index (χ1n) is 9.89. The van der Waals surface area contributed by atoms with Gasteiger partial charge in [-0.3, -0.25) is 14.6 Å². The Morgan fingerprint density at radius 3 is 2.52 bits per heavy atom. The highest BCUT2D eigenvalue weighted by atomic mass is 32.2. The second kappa shape index (κ2) is 8.35. The SMILES string of the molecule is CCSc1n[n+]2c(c(=O)[nH]1)-c1ccccc1N(C(=O)CC)[C@@H]2c1ccc(C(=O)O)cc1. The molecule has 1 aromatic heterocycles. The Balaban J connectivity index is 2.02. The van der Waals surface area contributed by atoms with Gasteiger partial charge in [-0.25, -0.2) is 9.69 Å². The molecule has 1 aliphatic heterocycles. The number of carboxylic acids is 1. The predicted octanol–water partition coefficient (Wildman–Crippen LogP) is 2.84. The zero-order chi connectivity index (χ0) is 22.1. The van der Waals surface area contributed by atoms with Gasteiger partial charge in [0.2, 0.25) is 11.1 Å². The third-order valence-corrected chi connectivity index (χ3v) is 5.81. The molecule has 0 bridgehead atoms. The number of para-hydroxylation sites is 1. The number of amides is 1. The summed E-state index contributed by atoms with van der Waals surface area (Å²) in [7, 11) is 0. The van der Waals surface area contributed by atoms with Crippen LogP contribution in [0, 0.1) is 0 Å². The van der Waals surface area contributed by atoms with E-state index in [1.807, 2.05) is 19.1 Å². The molecule has 0 aliphatic carbocycles. The fraction of sp³-hybridized carbons (Fsp3) is 0.227. The predicted molar refractivity (Wildman–Crippen MR) is 116 cm³/mol. The molecular formula is C22H21N4O4S+. The third kappa shape index (κ3) is 3.61. The van der Waals surface area contributed by atoms with Gasteiger partial charge in [0.05, 0.1) is 16.8 Å². The van der Waals surface area contributed by atoms with Crippen LogP contribution in [0.4, 0.5) is 5.69 Å². The molecule has 2 heterocycles. The van der Waals surface area contributed by atoms with Crippen molar-refractivity contribution in [3.05, 3.63) is 70.0 Å². The van der Waals surface area contributed by atoms with E-state index in [9.17, 15) is 19.5 Å². The average molecular weight is 438 g/mol. The highest BCUT2D eigenvalue weighted by Gasteiger charge is 2.45. The van der Waals surface area contributed by atoms with Gasteiger partial charge in [-0.15, -0.1) is 0 Å². The number of hydrogen-bond donors (Lipinski definition) is 2. The van der Waals surface area contributed by atoms with E-state index < -0.39 is 12.1 Å². The Morgan fingerprint density at radius 1 is 1.16 bits per heavy atom. The Kier molecular flexibility index (Phi) is 5.60. The van der Waals surface area contributed by atoms with Gasteiger partial charge in [0, 0.05) is 17.1 Å². The van der Waals surface area contributed by atoms with Crippen LogP contribution in [-0.4, -0.2) is 32.8 Å². The number of aromatic nitrogens is 3. The lowest BCUT2D eigenvalue weighted by atomic mass is 10.0. The Labute approximate surface area is 182 Å². The number of anilines is 1. The summed E-state index contributed by atoms with van der Waals surface area (Å²) in [6, 6.07) is 13.5. The molecule has 0 unspecified atom stereocenters. The molecule has 9 heteroatoms. The summed E-state index contributed by atoms with van der Waals surface area (Å²) in [5.41, 5.74) is 2.07. The van der Waals surface area contributed by atoms with Gasteiger partial charge in [0.25, 0.3) is 6.17 Å². The number of rotatable bonds is 5.